The van der Waals surface area contributed by atoms with Crippen molar-refractivity contribution in [3.05, 3.63) is 48.2 Å². The lowest BCUT2D eigenvalue weighted by Crippen LogP contribution is -1.90. The highest BCUT2D eigenvalue weighted by Gasteiger charge is 1.94. The summed E-state index contributed by atoms with van der Waals surface area (Å²) < 4.78 is 0. The smallest absolute Gasteiger partial charge is 0.0456 e. The van der Waals surface area contributed by atoms with Gasteiger partial charge in [-0.15, -0.1) is 0 Å². The number of aryl methyl sites for hydroxylation is 1. The first-order chi connectivity index (χ1) is 7.29. The zero-order chi connectivity index (χ0) is 11.1. The van der Waals surface area contributed by atoms with Crippen molar-refractivity contribution in [3.8, 4) is 0 Å². The Kier molecular flexibility index (Phi) is 4.64. The van der Waals surface area contributed by atoms with Crippen LogP contribution in [0, 0.1) is 6.92 Å². The predicted octanol–water partition coefficient (Wildman–Crippen LogP) is 3.00. The standard InChI is InChI=1S/C9H9N.C4H9N/c1-7-6-10-9-5-3-2-4-8(7)9;1-2-3-4-5/h2-6,10H,1H3;2-3H,4-5H2,1H3/b;3-2+. The van der Waals surface area contributed by atoms with E-state index in [0.717, 1.165) is 0 Å². The van der Waals surface area contributed by atoms with Crippen molar-refractivity contribution in [1.82, 2.24) is 4.98 Å². The topological polar surface area (TPSA) is 41.8 Å². The van der Waals surface area contributed by atoms with Crippen LogP contribution in [0.25, 0.3) is 10.9 Å². The number of H-pyrrole nitrogens is 1. The molecular weight excluding hydrogens is 184 g/mol. The largest absolute Gasteiger partial charge is 0.361 e. The molecule has 1 heterocycles. The van der Waals surface area contributed by atoms with Crippen LogP contribution in [0.1, 0.15) is 12.5 Å². The quantitative estimate of drug-likeness (QED) is 0.686. The molecule has 2 rings (SSSR count). The Morgan fingerprint density at radius 2 is 2.07 bits per heavy atom. The third kappa shape index (κ3) is 3.26. The first-order valence-electron chi connectivity index (χ1n) is 5.13. The van der Waals surface area contributed by atoms with Crippen molar-refractivity contribution in [2.24, 2.45) is 5.73 Å². The molecule has 0 amide bonds. The maximum atomic E-state index is 5.05. The van der Waals surface area contributed by atoms with E-state index in [1.165, 1.54) is 16.5 Å². The minimum Gasteiger partial charge on any atom is -0.361 e. The molecule has 0 radical (unpaired) electrons. The second kappa shape index (κ2) is 6.04. The van der Waals surface area contributed by atoms with Crippen molar-refractivity contribution in [2.45, 2.75) is 13.8 Å². The highest BCUT2D eigenvalue weighted by atomic mass is 14.7. The van der Waals surface area contributed by atoms with Gasteiger partial charge in [-0.3, -0.25) is 0 Å². The van der Waals surface area contributed by atoms with Crippen LogP contribution >= 0.6 is 0 Å². The van der Waals surface area contributed by atoms with E-state index in [0.29, 0.717) is 6.54 Å². The number of para-hydroxylation sites is 1. The molecular formula is C13H18N2. The molecule has 0 unspecified atom stereocenters. The number of aromatic nitrogens is 1. The summed E-state index contributed by atoms with van der Waals surface area (Å²) in [4.78, 5) is 3.19. The van der Waals surface area contributed by atoms with Gasteiger partial charge in [0, 0.05) is 23.6 Å². The van der Waals surface area contributed by atoms with Crippen LogP contribution in [0.4, 0.5) is 0 Å². The van der Waals surface area contributed by atoms with Gasteiger partial charge >= 0.3 is 0 Å². The molecule has 0 aliphatic carbocycles. The second-order valence-corrected chi connectivity index (χ2v) is 3.32. The third-order valence-electron chi connectivity index (χ3n) is 2.17. The molecule has 0 spiro atoms. The highest BCUT2D eigenvalue weighted by Crippen LogP contribution is 2.15. The number of rotatable bonds is 1. The van der Waals surface area contributed by atoms with Crippen molar-refractivity contribution >= 4 is 10.9 Å². The number of benzene rings is 1. The van der Waals surface area contributed by atoms with Gasteiger partial charge in [-0.25, -0.2) is 0 Å². The Morgan fingerprint density at radius 3 is 2.60 bits per heavy atom. The average Bonchev–Trinajstić information content (AvgIpc) is 2.64. The van der Waals surface area contributed by atoms with E-state index in [1.54, 1.807) is 0 Å². The van der Waals surface area contributed by atoms with Crippen LogP contribution in [-0.4, -0.2) is 11.5 Å². The van der Waals surface area contributed by atoms with Gasteiger partial charge in [-0.2, -0.15) is 0 Å². The van der Waals surface area contributed by atoms with Crippen molar-refractivity contribution < 1.29 is 0 Å². The molecule has 80 valence electrons. The second-order valence-electron chi connectivity index (χ2n) is 3.32. The van der Waals surface area contributed by atoms with E-state index in [2.05, 4.69) is 30.1 Å². The molecule has 2 aromatic rings. The molecule has 2 nitrogen and oxygen atoms in total. The number of fused-ring (bicyclic) bond motifs is 1. The van der Waals surface area contributed by atoms with E-state index in [1.807, 2.05) is 31.3 Å². The summed E-state index contributed by atoms with van der Waals surface area (Å²) in [5.74, 6) is 0. The Balaban J connectivity index is 0.000000195. The van der Waals surface area contributed by atoms with Crippen molar-refractivity contribution in [2.75, 3.05) is 6.54 Å². The molecule has 15 heavy (non-hydrogen) atoms. The lowest BCUT2D eigenvalue weighted by Gasteiger charge is -1.86. The average molecular weight is 202 g/mol. The third-order valence-corrected chi connectivity index (χ3v) is 2.17. The fourth-order valence-corrected chi connectivity index (χ4v) is 1.35. The molecule has 0 fully saturated rings. The number of aromatic amines is 1. The maximum absolute atomic E-state index is 5.05. The van der Waals surface area contributed by atoms with Gasteiger partial charge < -0.3 is 10.7 Å². The Labute approximate surface area is 90.8 Å². The molecule has 1 aromatic heterocycles. The summed E-state index contributed by atoms with van der Waals surface area (Å²) in [6.45, 7) is 4.72. The molecule has 0 bridgehead atoms. The fraction of sp³-hybridized carbons (Fsp3) is 0.231. The van der Waals surface area contributed by atoms with Gasteiger partial charge in [0.1, 0.15) is 0 Å². The lowest BCUT2D eigenvalue weighted by molar-refractivity contribution is 1.25. The maximum Gasteiger partial charge on any atom is 0.0456 e. The predicted molar refractivity (Wildman–Crippen MR) is 66.9 cm³/mol. The number of allylic oxidation sites excluding steroid dienone is 1. The van der Waals surface area contributed by atoms with Gasteiger partial charge in [0.25, 0.3) is 0 Å². The molecule has 0 aliphatic rings. The van der Waals surface area contributed by atoms with E-state index in [-0.39, 0.29) is 0 Å². The minimum absolute atomic E-state index is 0.663. The normalized spacial score (nSPS) is 10.3. The molecule has 3 N–H and O–H groups in total. The van der Waals surface area contributed by atoms with E-state index >= 15 is 0 Å². The van der Waals surface area contributed by atoms with Gasteiger partial charge in [-0.05, 0) is 25.5 Å². The van der Waals surface area contributed by atoms with E-state index in [9.17, 15) is 0 Å². The summed E-state index contributed by atoms with van der Waals surface area (Å²) in [6.07, 6.45) is 5.87. The summed E-state index contributed by atoms with van der Waals surface area (Å²) in [6, 6.07) is 8.31. The van der Waals surface area contributed by atoms with Gasteiger partial charge in [0.15, 0.2) is 0 Å². The summed E-state index contributed by atoms with van der Waals surface area (Å²) in [5.41, 5.74) is 7.59. The zero-order valence-corrected chi connectivity index (χ0v) is 9.33. The SMILES string of the molecule is C/C=C/CN.Cc1c[nH]c2ccccc12. The fourth-order valence-electron chi connectivity index (χ4n) is 1.35. The number of nitrogens with one attached hydrogen (secondary N) is 1. The Bertz CT molecular complexity index is 427. The number of hydrogen-bond donors (Lipinski definition) is 2. The Hall–Kier alpha value is -1.54. The lowest BCUT2D eigenvalue weighted by atomic mass is 10.2. The van der Waals surface area contributed by atoms with Crippen LogP contribution in [-0.2, 0) is 0 Å². The molecule has 0 aliphatic heterocycles. The van der Waals surface area contributed by atoms with Crippen LogP contribution in [0.3, 0.4) is 0 Å². The van der Waals surface area contributed by atoms with E-state index in [4.69, 9.17) is 5.73 Å². The molecule has 0 saturated carbocycles. The van der Waals surface area contributed by atoms with E-state index < -0.39 is 0 Å². The van der Waals surface area contributed by atoms with Crippen molar-refractivity contribution in [3.63, 3.8) is 0 Å². The molecule has 2 heteroatoms. The van der Waals surface area contributed by atoms with Crippen LogP contribution in [0.2, 0.25) is 0 Å². The number of nitrogens with two attached hydrogens (primary N) is 1. The van der Waals surface area contributed by atoms with Gasteiger partial charge in [0.05, 0.1) is 0 Å². The van der Waals surface area contributed by atoms with Gasteiger partial charge in [-0.1, -0.05) is 30.4 Å². The van der Waals surface area contributed by atoms with Crippen molar-refractivity contribution in [1.29, 1.82) is 0 Å². The zero-order valence-electron chi connectivity index (χ0n) is 9.33. The molecule has 1 aromatic carbocycles. The summed E-state index contributed by atoms with van der Waals surface area (Å²) in [7, 11) is 0. The minimum atomic E-state index is 0.663. The first-order valence-corrected chi connectivity index (χ1v) is 5.13. The van der Waals surface area contributed by atoms with Crippen LogP contribution in [0.5, 0.6) is 0 Å². The first kappa shape index (κ1) is 11.5. The van der Waals surface area contributed by atoms with Crippen LogP contribution in [0.15, 0.2) is 42.6 Å². The molecule has 0 atom stereocenters. The van der Waals surface area contributed by atoms with Crippen LogP contribution < -0.4 is 5.73 Å². The summed E-state index contributed by atoms with van der Waals surface area (Å²) >= 11 is 0. The number of hydrogen-bond acceptors (Lipinski definition) is 1. The highest BCUT2D eigenvalue weighted by molar-refractivity contribution is 5.82. The Morgan fingerprint density at radius 1 is 1.33 bits per heavy atom. The summed E-state index contributed by atoms with van der Waals surface area (Å²) in [5, 5.41) is 1.32. The monoisotopic (exact) mass is 202 g/mol. The molecule has 0 saturated heterocycles. The van der Waals surface area contributed by atoms with Gasteiger partial charge in [0.2, 0.25) is 0 Å².